The lowest BCUT2D eigenvalue weighted by Gasteiger charge is -2.33. The van der Waals surface area contributed by atoms with E-state index in [1.165, 1.54) is 70.8 Å². The van der Waals surface area contributed by atoms with E-state index in [1.54, 1.807) is 0 Å². The Kier molecular flexibility index (Phi) is 5.74. The third-order valence-corrected chi connectivity index (χ3v) is 5.32. The first-order valence-electron chi connectivity index (χ1n) is 8.79. The van der Waals surface area contributed by atoms with Crippen molar-refractivity contribution in [3.63, 3.8) is 0 Å². The lowest BCUT2D eigenvalue weighted by molar-refractivity contribution is 0.212. The predicted molar refractivity (Wildman–Crippen MR) is 84.4 cm³/mol. The summed E-state index contributed by atoms with van der Waals surface area (Å²) in [4.78, 5) is 0. The van der Waals surface area contributed by atoms with Crippen LogP contribution >= 0.6 is 0 Å². The maximum atomic E-state index is 3.79. The highest BCUT2D eigenvalue weighted by atomic mass is 14.9. The topological polar surface area (TPSA) is 12.0 Å². The van der Waals surface area contributed by atoms with Gasteiger partial charge >= 0.3 is 0 Å². The van der Waals surface area contributed by atoms with E-state index in [2.05, 4.69) is 26.1 Å². The van der Waals surface area contributed by atoms with E-state index in [0.717, 1.165) is 17.8 Å². The Morgan fingerprint density at radius 2 is 1.47 bits per heavy atom. The molecule has 2 rings (SSSR count). The molecule has 2 aliphatic rings. The number of rotatable bonds is 5. The summed E-state index contributed by atoms with van der Waals surface area (Å²) in [6.07, 6.45) is 15.0. The van der Waals surface area contributed by atoms with Crippen LogP contribution in [0.4, 0.5) is 0 Å². The van der Waals surface area contributed by atoms with Gasteiger partial charge in [0, 0.05) is 5.54 Å². The quantitative estimate of drug-likeness (QED) is 0.724. The predicted octanol–water partition coefficient (Wildman–Crippen LogP) is 5.15. The van der Waals surface area contributed by atoms with Crippen LogP contribution in [0.5, 0.6) is 0 Å². The van der Waals surface area contributed by atoms with Gasteiger partial charge in [0.15, 0.2) is 0 Å². The van der Waals surface area contributed by atoms with Gasteiger partial charge in [-0.1, -0.05) is 57.8 Å². The van der Waals surface area contributed by atoms with Crippen molar-refractivity contribution in [3.8, 4) is 0 Å². The van der Waals surface area contributed by atoms with Gasteiger partial charge in [0.25, 0.3) is 0 Å². The summed E-state index contributed by atoms with van der Waals surface area (Å²) in [6, 6.07) is 0. The third-order valence-electron chi connectivity index (χ3n) is 5.32. The summed E-state index contributed by atoms with van der Waals surface area (Å²) >= 11 is 0. The van der Waals surface area contributed by atoms with Crippen molar-refractivity contribution in [2.24, 2.45) is 17.8 Å². The van der Waals surface area contributed by atoms with Gasteiger partial charge < -0.3 is 5.32 Å². The van der Waals surface area contributed by atoms with E-state index >= 15 is 0 Å². The SMILES string of the molecule is CC(C)(C)NCC(CC1CCCCC1)C1CCCC1. The first-order chi connectivity index (χ1) is 9.04. The van der Waals surface area contributed by atoms with E-state index in [4.69, 9.17) is 0 Å². The minimum absolute atomic E-state index is 0.281. The second-order valence-electron chi connectivity index (χ2n) is 8.18. The van der Waals surface area contributed by atoms with Gasteiger partial charge in [-0.25, -0.2) is 0 Å². The van der Waals surface area contributed by atoms with Gasteiger partial charge in [-0.2, -0.15) is 0 Å². The number of nitrogens with one attached hydrogen (secondary N) is 1. The molecule has 112 valence electrons. The molecular formula is C18H35N. The smallest absolute Gasteiger partial charge is 0.00966 e. The van der Waals surface area contributed by atoms with Crippen LogP contribution < -0.4 is 5.32 Å². The Bertz CT molecular complexity index is 241. The molecule has 1 nitrogen and oxygen atoms in total. The summed E-state index contributed by atoms with van der Waals surface area (Å²) in [5, 5.41) is 3.79. The van der Waals surface area contributed by atoms with Crippen molar-refractivity contribution in [1.82, 2.24) is 5.32 Å². The minimum atomic E-state index is 0.281. The van der Waals surface area contributed by atoms with Crippen molar-refractivity contribution in [2.45, 2.75) is 90.5 Å². The lowest BCUT2D eigenvalue weighted by atomic mass is 9.77. The second kappa shape index (κ2) is 7.11. The molecule has 2 fully saturated rings. The highest BCUT2D eigenvalue weighted by Gasteiger charge is 2.28. The van der Waals surface area contributed by atoms with E-state index in [0.29, 0.717) is 0 Å². The Balaban J connectivity index is 1.85. The summed E-state index contributed by atoms with van der Waals surface area (Å²) in [5.74, 6) is 3.02. The van der Waals surface area contributed by atoms with E-state index < -0.39 is 0 Å². The van der Waals surface area contributed by atoms with Crippen LogP contribution in [0.1, 0.15) is 85.0 Å². The molecule has 0 radical (unpaired) electrons. The van der Waals surface area contributed by atoms with Crippen molar-refractivity contribution >= 4 is 0 Å². The fourth-order valence-electron chi connectivity index (χ4n) is 4.16. The maximum absolute atomic E-state index is 3.79. The van der Waals surface area contributed by atoms with Crippen molar-refractivity contribution in [1.29, 1.82) is 0 Å². The second-order valence-corrected chi connectivity index (χ2v) is 8.18. The van der Waals surface area contributed by atoms with Crippen LogP contribution in [-0.4, -0.2) is 12.1 Å². The number of hydrogen-bond acceptors (Lipinski definition) is 1. The lowest BCUT2D eigenvalue weighted by Crippen LogP contribution is -2.41. The molecule has 0 bridgehead atoms. The van der Waals surface area contributed by atoms with Crippen LogP contribution in [-0.2, 0) is 0 Å². The van der Waals surface area contributed by atoms with Crippen molar-refractivity contribution < 1.29 is 0 Å². The Morgan fingerprint density at radius 1 is 0.895 bits per heavy atom. The summed E-state index contributed by atoms with van der Waals surface area (Å²) in [6.45, 7) is 8.17. The Hall–Kier alpha value is -0.0400. The van der Waals surface area contributed by atoms with Crippen LogP contribution in [0.3, 0.4) is 0 Å². The monoisotopic (exact) mass is 265 g/mol. The zero-order chi connectivity index (χ0) is 13.7. The van der Waals surface area contributed by atoms with Crippen molar-refractivity contribution in [2.75, 3.05) is 6.54 Å². The largest absolute Gasteiger partial charge is 0.312 e. The van der Waals surface area contributed by atoms with Crippen LogP contribution in [0.15, 0.2) is 0 Å². The van der Waals surface area contributed by atoms with Gasteiger partial charge in [-0.3, -0.25) is 0 Å². The number of hydrogen-bond donors (Lipinski definition) is 1. The molecule has 2 saturated carbocycles. The molecule has 2 aliphatic carbocycles. The van der Waals surface area contributed by atoms with E-state index in [1.807, 2.05) is 0 Å². The molecule has 1 heteroatoms. The third kappa shape index (κ3) is 5.45. The highest BCUT2D eigenvalue weighted by molar-refractivity contribution is 4.82. The minimum Gasteiger partial charge on any atom is -0.312 e. The molecule has 19 heavy (non-hydrogen) atoms. The summed E-state index contributed by atoms with van der Waals surface area (Å²) < 4.78 is 0. The molecule has 0 aromatic rings. The van der Waals surface area contributed by atoms with Gasteiger partial charge in [0.05, 0.1) is 0 Å². The van der Waals surface area contributed by atoms with Crippen LogP contribution in [0.2, 0.25) is 0 Å². The van der Waals surface area contributed by atoms with Crippen LogP contribution in [0.25, 0.3) is 0 Å². The molecule has 0 amide bonds. The highest BCUT2D eigenvalue weighted by Crippen LogP contribution is 2.37. The maximum Gasteiger partial charge on any atom is 0.00966 e. The fraction of sp³-hybridized carbons (Fsp3) is 1.00. The van der Waals surface area contributed by atoms with Gasteiger partial charge in [-0.05, 0) is 51.5 Å². The fourth-order valence-corrected chi connectivity index (χ4v) is 4.16. The molecule has 1 atom stereocenters. The van der Waals surface area contributed by atoms with Crippen molar-refractivity contribution in [3.05, 3.63) is 0 Å². The molecule has 0 aromatic heterocycles. The normalized spacial score (nSPS) is 24.8. The summed E-state index contributed by atoms with van der Waals surface area (Å²) in [7, 11) is 0. The molecule has 0 heterocycles. The zero-order valence-corrected chi connectivity index (χ0v) is 13.5. The molecule has 0 aliphatic heterocycles. The molecule has 1 unspecified atom stereocenters. The standard InChI is InChI=1S/C18H35N/c1-18(2,3)19-14-17(16-11-7-8-12-16)13-15-9-5-4-6-10-15/h15-17,19H,4-14H2,1-3H3. The Labute approximate surface area is 120 Å². The average molecular weight is 265 g/mol. The molecule has 0 aromatic carbocycles. The first-order valence-corrected chi connectivity index (χ1v) is 8.79. The first kappa shape index (κ1) is 15.4. The Morgan fingerprint density at radius 3 is 2.05 bits per heavy atom. The van der Waals surface area contributed by atoms with Gasteiger partial charge in [0.1, 0.15) is 0 Å². The van der Waals surface area contributed by atoms with E-state index in [9.17, 15) is 0 Å². The summed E-state index contributed by atoms with van der Waals surface area (Å²) in [5.41, 5.74) is 0.281. The molecule has 1 N–H and O–H groups in total. The van der Waals surface area contributed by atoms with Gasteiger partial charge in [-0.15, -0.1) is 0 Å². The molecule has 0 saturated heterocycles. The zero-order valence-electron chi connectivity index (χ0n) is 13.5. The average Bonchev–Trinajstić information content (AvgIpc) is 2.88. The molecule has 0 spiro atoms. The van der Waals surface area contributed by atoms with E-state index in [-0.39, 0.29) is 5.54 Å². The van der Waals surface area contributed by atoms with Crippen LogP contribution in [0, 0.1) is 17.8 Å². The molecular weight excluding hydrogens is 230 g/mol. The van der Waals surface area contributed by atoms with Gasteiger partial charge in [0.2, 0.25) is 0 Å².